The standard InChI is InChI=1S/C20H23ClN6O2/c1-24-13-16(12-22-24)14-25-8-10-26(11-9-25)20(28)18-6-7-27(23-18)15-29-19-5-3-2-4-17(19)21/h2-7,12-13H,8-11,14-15H2,1H3. The van der Waals surface area contributed by atoms with E-state index in [0.717, 1.165) is 19.6 Å². The summed E-state index contributed by atoms with van der Waals surface area (Å²) in [5, 5.41) is 9.10. The van der Waals surface area contributed by atoms with Crippen LogP contribution in [0.4, 0.5) is 0 Å². The van der Waals surface area contributed by atoms with Gasteiger partial charge in [-0.1, -0.05) is 23.7 Å². The highest BCUT2D eigenvalue weighted by Crippen LogP contribution is 2.23. The van der Waals surface area contributed by atoms with Crippen molar-refractivity contribution in [2.24, 2.45) is 7.05 Å². The number of ether oxygens (including phenoxy) is 1. The second-order valence-corrected chi connectivity index (χ2v) is 7.44. The Morgan fingerprint density at radius 1 is 1.17 bits per heavy atom. The van der Waals surface area contributed by atoms with Crippen LogP contribution in [0.15, 0.2) is 48.9 Å². The maximum atomic E-state index is 12.8. The SMILES string of the molecule is Cn1cc(CN2CCN(C(=O)c3ccn(COc4ccccc4Cl)n3)CC2)cn1. The van der Waals surface area contributed by atoms with E-state index in [9.17, 15) is 4.79 Å². The van der Waals surface area contributed by atoms with Crippen molar-refractivity contribution in [2.45, 2.75) is 13.3 Å². The van der Waals surface area contributed by atoms with E-state index in [1.165, 1.54) is 5.56 Å². The van der Waals surface area contributed by atoms with Crippen molar-refractivity contribution >= 4 is 17.5 Å². The number of nitrogens with zero attached hydrogens (tertiary/aromatic N) is 6. The molecule has 0 unspecified atom stereocenters. The lowest BCUT2D eigenvalue weighted by atomic mass is 10.2. The number of carbonyl (C=O) groups excluding carboxylic acids is 1. The molecular weight excluding hydrogens is 392 g/mol. The van der Waals surface area contributed by atoms with Crippen LogP contribution >= 0.6 is 11.6 Å². The number of benzene rings is 1. The molecule has 1 amide bonds. The Hall–Kier alpha value is -2.84. The zero-order valence-electron chi connectivity index (χ0n) is 16.2. The highest BCUT2D eigenvalue weighted by molar-refractivity contribution is 6.32. The summed E-state index contributed by atoms with van der Waals surface area (Å²) >= 11 is 6.09. The minimum absolute atomic E-state index is 0.0532. The van der Waals surface area contributed by atoms with Crippen LogP contribution in [0.5, 0.6) is 5.75 Å². The fraction of sp³-hybridized carbons (Fsp3) is 0.350. The topological polar surface area (TPSA) is 68.4 Å². The zero-order valence-corrected chi connectivity index (χ0v) is 17.0. The van der Waals surface area contributed by atoms with Gasteiger partial charge in [0.2, 0.25) is 0 Å². The quantitative estimate of drug-likeness (QED) is 0.619. The van der Waals surface area contributed by atoms with Gasteiger partial charge in [-0.3, -0.25) is 14.4 Å². The molecule has 152 valence electrons. The molecule has 0 spiro atoms. The molecule has 1 aliphatic heterocycles. The van der Waals surface area contributed by atoms with Gasteiger partial charge in [0.25, 0.3) is 5.91 Å². The molecule has 1 fully saturated rings. The van der Waals surface area contributed by atoms with Gasteiger partial charge in [-0.2, -0.15) is 10.2 Å². The van der Waals surface area contributed by atoms with Gasteiger partial charge in [-0.25, -0.2) is 4.68 Å². The first kappa shape index (κ1) is 19.5. The Morgan fingerprint density at radius 2 is 1.97 bits per heavy atom. The first-order chi connectivity index (χ1) is 14.1. The van der Waals surface area contributed by atoms with Crippen LogP contribution < -0.4 is 4.74 Å². The average molecular weight is 415 g/mol. The van der Waals surface area contributed by atoms with Crippen LogP contribution in [0.25, 0.3) is 0 Å². The molecule has 2 aromatic heterocycles. The van der Waals surface area contributed by atoms with Gasteiger partial charge >= 0.3 is 0 Å². The van der Waals surface area contributed by atoms with Crippen LogP contribution in [0.3, 0.4) is 0 Å². The van der Waals surface area contributed by atoms with Crippen molar-refractivity contribution < 1.29 is 9.53 Å². The highest BCUT2D eigenvalue weighted by atomic mass is 35.5. The predicted molar refractivity (Wildman–Crippen MR) is 109 cm³/mol. The van der Waals surface area contributed by atoms with E-state index in [0.29, 0.717) is 29.6 Å². The Morgan fingerprint density at radius 3 is 2.69 bits per heavy atom. The fourth-order valence-electron chi connectivity index (χ4n) is 3.33. The van der Waals surface area contributed by atoms with Crippen molar-refractivity contribution in [3.63, 3.8) is 0 Å². The number of halogens is 1. The number of aryl methyl sites for hydroxylation is 1. The molecule has 3 heterocycles. The van der Waals surface area contributed by atoms with Crippen LogP contribution in [-0.2, 0) is 20.3 Å². The van der Waals surface area contributed by atoms with E-state index in [1.807, 2.05) is 36.5 Å². The number of carbonyl (C=O) groups is 1. The fourth-order valence-corrected chi connectivity index (χ4v) is 3.52. The largest absolute Gasteiger partial charge is 0.470 e. The molecule has 0 N–H and O–H groups in total. The number of hydrogen-bond acceptors (Lipinski definition) is 5. The van der Waals surface area contributed by atoms with E-state index >= 15 is 0 Å². The Bertz CT molecular complexity index is 977. The van der Waals surface area contributed by atoms with Gasteiger partial charge in [0.1, 0.15) is 5.75 Å². The number of hydrogen-bond donors (Lipinski definition) is 0. The van der Waals surface area contributed by atoms with Crippen LogP contribution in [0.2, 0.25) is 5.02 Å². The first-order valence-corrected chi connectivity index (χ1v) is 9.86. The normalized spacial score (nSPS) is 14.9. The number of rotatable bonds is 6. The van der Waals surface area contributed by atoms with Crippen LogP contribution in [-0.4, -0.2) is 61.4 Å². The smallest absolute Gasteiger partial charge is 0.274 e. The van der Waals surface area contributed by atoms with E-state index in [-0.39, 0.29) is 12.6 Å². The number of para-hydroxylation sites is 1. The molecule has 1 saturated heterocycles. The van der Waals surface area contributed by atoms with Crippen molar-refractivity contribution in [2.75, 3.05) is 26.2 Å². The Kier molecular flexibility index (Phi) is 5.82. The Balaban J connectivity index is 1.28. The van der Waals surface area contributed by atoms with E-state index in [1.54, 1.807) is 33.8 Å². The molecule has 0 atom stereocenters. The van der Waals surface area contributed by atoms with Crippen molar-refractivity contribution in [1.29, 1.82) is 0 Å². The van der Waals surface area contributed by atoms with E-state index in [4.69, 9.17) is 16.3 Å². The van der Waals surface area contributed by atoms with E-state index in [2.05, 4.69) is 15.1 Å². The summed E-state index contributed by atoms with van der Waals surface area (Å²) in [5.74, 6) is 0.532. The van der Waals surface area contributed by atoms with Gasteiger partial charge in [0.05, 0.1) is 11.2 Å². The summed E-state index contributed by atoms with van der Waals surface area (Å²) in [6.45, 7) is 4.07. The summed E-state index contributed by atoms with van der Waals surface area (Å²) in [5.41, 5.74) is 1.61. The molecular formula is C20H23ClN6O2. The maximum absolute atomic E-state index is 12.8. The summed E-state index contributed by atoms with van der Waals surface area (Å²) in [6.07, 6.45) is 5.65. The molecule has 0 bridgehead atoms. The lowest BCUT2D eigenvalue weighted by molar-refractivity contribution is 0.0621. The number of amides is 1. The third-order valence-corrected chi connectivity index (χ3v) is 5.19. The van der Waals surface area contributed by atoms with E-state index < -0.39 is 0 Å². The minimum atomic E-state index is -0.0532. The predicted octanol–water partition coefficient (Wildman–Crippen LogP) is 2.26. The average Bonchev–Trinajstić information content (AvgIpc) is 3.36. The molecule has 4 rings (SSSR count). The lowest BCUT2D eigenvalue weighted by Crippen LogP contribution is -2.48. The summed E-state index contributed by atoms with van der Waals surface area (Å²) in [6, 6.07) is 8.98. The van der Waals surface area contributed by atoms with Gasteiger partial charge in [0.15, 0.2) is 12.4 Å². The lowest BCUT2D eigenvalue weighted by Gasteiger charge is -2.34. The highest BCUT2D eigenvalue weighted by Gasteiger charge is 2.24. The molecule has 1 aliphatic rings. The molecule has 3 aromatic rings. The molecule has 9 heteroatoms. The molecule has 0 saturated carbocycles. The summed E-state index contributed by atoms with van der Waals surface area (Å²) in [7, 11) is 1.92. The van der Waals surface area contributed by atoms with Crippen LogP contribution in [0.1, 0.15) is 16.1 Å². The summed E-state index contributed by atoms with van der Waals surface area (Å²) < 4.78 is 9.06. The molecule has 1 aromatic carbocycles. The monoisotopic (exact) mass is 414 g/mol. The van der Waals surface area contributed by atoms with Gasteiger partial charge < -0.3 is 9.64 Å². The molecule has 0 radical (unpaired) electrons. The maximum Gasteiger partial charge on any atom is 0.274 e. The Labute approximate surface area is 174 Å². The second-order valence-electron chi connectivity index (χ2n) is 7.03. The first-order valence-electron chi connectivity index (χ1n) is 9.48. The third-order valence-electron chi connectivity index (χ3n) is 4.87. The van der Waals surface area contributed by atoms with Crippen molar-refractivity contribution in [3.05, 3.63) is 65.2 Å². The summed E-state index contributed by atoms with van der Waals surface area (Å²) in [4.78, 5) is 16.9. The third kappa shape index (κ3) is 4.78. The molecule has 29 heavy (non-hydrogen) atoms. The number of piperazine rings is 1. The molecule has 0 aliphatic carbocycles. The second kappa shape index (κ2) is 8.67. The van der Waals surface area contributed by atoms with Crippen molar-refractivity contribution in [3.8, 4) is 5.75 Å². The molecule has 8 nitrogen and oxygen atoms in total. The zero-order chi connectivity index (χ0) is 20.2. The van der Waals surface area contributed by atoms with Gasteiger partial charge in [-0.15, -0.1) is 0 Å². The minimum Gasteiger partial charge on any atom is -0.470 e. The van der Waals surface area contributed by atoms with Gasteiger partial charge in [-0.05, 0) is 18.2 Å². The van der Waals surface area contributed by atoms with Gasteiger partial charge in [0, 0.05) is 57.7 Å². The number of aromatic nitrogens is 4. The van der Waals surface area contributed by atoms with Crippen molar-refractivity contribution in [1.82, 2.24) is 29.4 Å². The van der Waals surface area contributed by atoms with Crippen LogP contribution in [0, 0.1) is 0 Å².